The largest absolute Gasteiger partial charge is 0.504 e. The first-order valence-electron chi connectivity index (χ1n) is 8.08. The van der Waals surface area contributed by atoms with E-state index in [9.17, 15) is 9.90 Å². The van der Waals surface area contributed by atoms with Crippen LogP contribution < -0.4 is 15.6 Å². The molecule has 2 aliphatic rings. The van der Waals surface area contributed by atoms with E-state index in [-0.39, 0.29) is 23.7 Å². The zero-order chi connectivity index (χ0) is 16.7. The van der Waals surface area contributed by atoms with Crippen LogP contribution in [-0.4, -0.2) is 28.3 Å². The van der Waals surface area contributed by atoms with Crippen LogP contribution in [0.5, 0.6) is 11.5 Å². The summed E-state index contributed by atoms with van der Waals surface area (Å²) in [6.07, 6.45) is 3.72. The molecule has 3 heterocycles. The Morgan fingerprint density at radius 3 is 3.00 bits per heavy atom. The molecule has 0 amide bonds. The van der Waals surface area contributed by atoms with Crippen LogP contribution in [-0.2, 0) is 19.5 Å². The second-order valence-electron chi connectivity index (χ2n) is 6.10. The maximum Gasteiger partial charge on any atom is 0.277 e. The molecular weight excluding hydrogens is 342 g/mol. The van der Waals surface area contributed by atoms with E-state index in [2.05, 4.69) is 14.9 Å². The van der Waals surface area contributed by atoms with Gasteiger partial charge in [-0.3, -0.25) is 4.79 Å². The number of aromatic hydroxyl groups is 1. The minimum Gasteiger partial charge on any atom is -0.504 e. The Balaban J connectivity index is 0.00000182. The number of benzene rings is 1. The molecule has 0 aliphatic carbocycles. The monoisotopic (exact) mass is 361 g/mol. The molecule has 0 fully saturated rings. The van der Waals surface area contributed by atoms with Gasteiger partial charge in [0.15, 0.2) is 11.5 Å². The van der Waals surface area contributed by atoms with E-state index in [0.29, 0.717) is 12.3 Å². The van der Waals surface area contributed by atoms with Gasteiger partial charge in [0, 0.05) is 31.7 Å². The molecule has 0 bridgehead atoms. The average molecular weight is 362 g/mol. The molecule has 1 aromatic heterocycles. The van der Waals surface area contributed by atoms with Gasteiger partial charge >= 0.3 is 0 Å². The lowest BCUT2D eigenvalue weighted by atomic mass is 10.1. The normalized spacial score (nSPS) is 16.9. The molecule has 6 nitrogen and oxygen atoms in total. The number of halogens is 1. The third-order valence-electron chi connectivity index (χ3n) is 4.67. The minimum absolute atomic E-state index is 0. The molecule has 132 valence electrons. The highest BCUT2D eigenvalue weighted by atomic mass is 35.5. The molecule has 1 aromatic carbocycles. The number of nitrogens with zero attached hydrogens (tertiary/aromatic N) is 2. The van der Waals surface area contributed by atoms with Crippen molar-refractivity contribution in [3.63, 3.8) is 0 Å². The van der Waals surface area contributed by atoms with Gasteiger partial charge in [-0.15, -0.1) is 12.4 Å². The Labute approximate surface area is 151 Å². The standard InChI is InChI=1S/C18H19N3O3.ClH/c1-24-16-9-11(2-3-15(16)22)8-12-5-7-21-14-4-6-19-10-13(14)18(23)20-17(12)21;/h2-3,8-9,19,22H,4-7,10H2,1H3;1H/b12-8+;. The van der Waals surface area contributed by atoms with Crippen molar-refractivity contribution in [3.8, 4) is 11.5 Å². The van der Waals surface area contributed by atoms with Crippen molar-refractivity contribution in [1.29, 1.82) is 0 Å². The van der Waals surface area contributed by atoms with Gasteiger partial charge in [-0.1, -0.05) is 6.07 Å². The van der Waals surface area contributed by atoms with Crippen LogP contribution in [0.3, 0.4) is 0 Å². The van der Waals surface area contributed by atoms with Gasteiger partial charge in [0.1, 0.15) is 5.82 Å². The SMILES string of the molecule is COc1cc(/C=C2\CCn3c2nc(=O)c2c3CCNC2)ccc1O.Cl. The molecule has 0 saturated heterocycles. The lowest BCUT2D eigenvalue weighted by Crippen LogP contribution is -2.34. The van der Waals surface area contributed by atoms with Gasteiger partial charge in [0.25, 0.3) is 5.56 Å². The predicted molar refractivity (Wildman–Crippen MR) is 98.3 cm³/mol. The van der Waals surface area contributed by atoms with Crippen molar-refractivity contribution in [1.82, 2.24) is 14.9 Å². The van der Waals surface area contributed by atoms with Crippen LogP contribution in [0.1, 0.15) is 29.1 Å². The molecule has 0 spiro atoms. The molecule has 0 radical (unpaired) electrons. The summed E-state index contributed by atoms with van der Waals surface area (Å²) in [6.45, 7) is 2.35. The maximum absolute atomic E-state index is 12.3. The predicted octanol–water partition coefficient (Wildman–Crippen LogP) is 1.97. The molecule has 0 atom stereocenters. The van der Waals surface area contributed by atoms with Crippen LogP contribution in [0.25, 0.3) is 11.6 Å². The number of rotatable bonds is 2. The average Bonchev–Trinajstić information content (AvgIpc) is 3.00. The number of methoxy groups -OCH3 is 1. The Hall–Kier alpha value is -2.31. The fraction of sp³-hybridized carbons (Fsp3) is 0.333. The number of allylic oxidation sites excluding steroid dienone is 1. The molecular formula is C18H20ClN3O3. The van der Waals surface area contributed by atoms with Crippen molar-refractivity contribution < 1.29 is 9.84 Å². The minimum atomic E-state index is -0.125. The van der Waals surface area contributed by atoms with E-state index in [1.165, 1.54) is 7.11 Å². The van der Waals surface area contributed by atoms with Crippen LogP contribution in [0.15, 0.2) is 23.0 Å². The first-order valence-corrected chi connectivity index (χ1v) is 8.08. The van der Waals surface area contributed by atoms with Gasteiger partial charge in [0.2, 0.25) is 0 Å². The third-order valence-corrected chi connectivity index (χ3v) is 4.67. The molecule has 4 rings (SSSR count). The number of ether oxygens (including phenoxy) is 1. The zero-order valence-corrected chi connectivity index (χ0v) is 14.7. The van der Waals surface area contributed by atoms with Crippen molar-refractivity contribution in [3.05, 3.63) is 51.2 Å². The molecule has 2 aromatic rings. The first-order chi connectivity index (χ1) is 11.7. The number of hydrogen-bond donors (Lipinski definition) is 2. The van der Waals surface area contributed by atoms with Gasteiger partial charge in [-0.05, 0) is 35.8 Å². The smallest absolute Gasteiger partial charge is 0.277 e. The number of phenols is 1. The lowest BCUT2D eigenvalue weighted by molar-refractivity contribution is 0.373. The summed E-state index contributed by atoms with van der Waals surface area (Å²) in [4.78, 5) is 16.6. The Bertz CT molecular complexity index is 905. The highest BCUT2D eigenvalue weighted by Crippen LogP contribution is 2.32. The fourth-order valence-corrected chi connectivity index (χ4v) is 3.47. The quantitative estimate of drug-likeness (QED) is 0.855. The van der Waals surface area contributed by atoms with Gasteiger partial charge < -0.3 is 19.7 Å². The lowest BCUT2D eigenvalue weighted by Gasteiger charge is -2.20. The molecule has 25 heavy (non-hydrogen) atoms. The molecule has 0 unspecified atom stereocenters. The van der Waals surface area contributed by atoms with Crippen molar-refractivity contribution in [2.24, 2.45) is 0 Å². The third kappa shape index (κ3) is 3.03. The van der Waals surface area contributed by atoms with Gasteiger partial charge in [-0.2, -0.15) is 4.98 Å². The summed E-state index contributed by atoms with van der Waals surface area (Å²) < 4.78 is 7.34. The van der Waals surface area contributed by atoms with Crippen LogP contribution in [0.4, 0.5) is 0 Å². The van der Waals surface area contributed by atoms with Crippen LogP contribution in [0.2, 0.25) is 0 Å². The molecule has 0 saturated carbocycles. The Morgan fingerprint density at radius 1 is 1.36 bits per heavy atom. The van der Waals surface area contributed by atoms with Crippen LogP contribution in [0, 0.1) is 0 Å². The summed E-state index contributed by atoms with van der Waals surface area (Å²) in [5.74, 6) is 1.32. The molecule has 7 heteroatoms. The van der Waals surface area contributed by atoms with E-state index in [1.807, 2.05) is 12.1 Å². The van der Waals surface area contributed by atoms with E-state index >= 15 is 0 Å². The first kappa shape index (κ1) is 17.5. The van der Waals surface area contributed by atoms with E-state index in [4.69, 9.17) is 4.74 Å². The topological polar surface area (TPSA) is 76.4 Å². The zero-order valence-electron chi connectivity index (χ0n) is 13.9. The highest BCUT2D eigenvalue weighted by Gasteiger charge is 2.25. The molecule has 2 aliphatic heterocycles. The second kappa shape index (κ2) is 6.90. The number of nitrogens with one attached hydrogen (secondary N) is 1. The highest BCUT2D eigenvalue weighted by molar-refractivity contribution is 5.85. The summed E-state index contributed by atoms with van der Waals surface area (Å²) in [5.41, 5.74) is 3.76. The number of fused-ring (bicyclic) bond motifs is 3. The van der Waals surface area contributed by atoms with Crippen LogP contribution >= 0.6 is 12.4 Å². The summed E-state index contributed by atoms with van der Waals surface area (Å²) >= 11 is 0. The van der Waals surface area contributed by atoms with E-state index in [0.717, 1.165) is 54.1 Å². The number of phenolic OH excluding ortho intramolecular Hbond substituents is 1. The Kier molecular flexibility index (Phi) is 4.83. The van der Waals surface area contributed by atoms with Crippen molar-refractivity contribution in [2.45, 2.75) is 25.9 Å². The fourth-order valence-electron chi connectivity index (χ4n) is 3.47. The van der Waals surface area contributed by atoms with Gasteiger partial charge in [0.05, 0.1) is 12.7 Å². The van der Waals surface area contributed by atoms with Crippen molar-refractivity contribution >= 4 is 24.1 Å². The number of aromatic nitrogens is 2. The second-order valence-corrected chi connectivity index (χ2v) is 6.10. The van der Waals surface area contributed by atoms with Crippen molar-refractivity contribution in [2.75, 3.05) is 13.7 Å². The number of hydrogen-bond acceptors (Lipinski definition) is 5. The maximum atomic E-state index is 12.3. The summed E-state index contributed by atoms with van der Waals surface area (Å²) in [7, 11) is 1.53. The van der Waals surface area contributed by atoms with E-state index in [1.54, 1.807) is 12.1 Å². The summed E-state index contributed by atoms with van der Waals surface area (Å²) in [5, 5.41) is 12.9. The molecule has 2 N–H and O–H groups in total. The summed E-state index contributed by atoms with van der Waals surface area (Å²) in [6, 6.07) is 5.22. The van der Waals surface area contributed by atoms with E-state index < -0.39 is 0 Å². The van der Waals surface area contributed by atoms with Gasteiger partial charge in [-0.25, -0.2) is 0 Å². The Morgan fingerprint density at radius 2 is 2.20 bits per heavy atom.